The normalized spacial score (nSPS) is 12.1. The van der Waals surface area contributed by atoms with Gasteiger partial charge in [-0.3, -0.25) is 0 Å². The van der Waals surface area contributed by atoms with Crippen LogP contribution in [0.5, 0.6) is 0 Å². The number of thiocarbonyl (C=S) groups is 1. The van der Waals surface area contributed by atoms with Gasteiger partial charge in [-0.25, -0.2) is 4.79 Å². The molecule has 5 N–H and O–H groups in total. The molecule has 2 unspecified atom stereocenters. The van der Waals surface area contributed by atoms with Crippen molar-refractivity contribution >= 4 is 29.0 Å². The summed E-state index contributed by atoms with van der Waals surface area (Å²) in [5.74, 6) is 0. The second-order valence-electron chi connectivity index (χ2n) is 6.57. The van der Waals surface area contributed by atoms with Gasteiger partial charge in [-0.1, -0.05) is 60.7 Å². The first-order valence-electron chi connectivity index (χ1n) is 9.30. The number of anilines is 1. The quantitative estimate of drug-likeness (QED) is 0.456. The van der Waals surface area contributed by atoms with Gasteiger partial charge in [0, 0.05) is 5.69 Å². The SMILES string of the molecule is N#Cc1ccc(NC(=S)NC(c2ccccc2)C(NC(N)=O)c2ccccc2)cc1. The van der Waals surface area contributed by atoms with Crippen molar-refractivity contribution in [1.29, 1.82) is 5.26 Å². The van der Waals surface area contributed by atoms with E-state index in [-0.39, 0.29) is 6.04 Å². The van der Waals surface area contributed by atoms with Crippen molar-refractivity contribution in [1.82, 2.24) is 10.6 Å². The maximum atomic E-state index is 11.8. The van der Waals surface area contributed by atoms with E-state index in [1.165, 1.54) is 0 Å². The molecule has 3 aromatic carbocycles. The van der Waals surface area contributed by atoms with Gasteiger partial charge >= 0.3 is 6.03 Å². The predicted octanol–water partition coefficient (Wildman–Crippen LogP) is 4.00. The van der Waals surface area contributed by atoms with Crippen LogP contribution < -0.4 is 21.7 Å². The molecule has 3 rings (SSSR count). The number of benzene rings is 3. The number of nitrogens with zero attached hydrogens (tertiary/aromatic N) is 1. The molecular formula is C23H21N5OS. The van der Waals surface area contributed by atoms with Crippen LogP contribution in [0, 0.1) is 11.3 Å². The van der Waals surface area contributed by atoms with Gasteiger partial charge in [0.25, 0.3) is 0 Å². The van der Waals surface area contributed by atoms with Gasteiger partial charge in [0.2, 0.25) is 0 Å². The van der Waals surface area contributed by atoms with Gasteiger partial charge in [-0.2, -0.15) is 5.26 Å². The number of nitriles is 1. The molecule has 2 amide bonds. The molecule has 0 radical (unpaired) electrons. The smallest absolute Gasteiger partial charge is 0.312 e. The molecule has 150 valence electrons. The van der Waals surface area contributed by atoms with E-state index < -0.39 is 12.1 Å². The number of carbonyl (C=O) groups is 1. The zero-order valence-electron chi connectivity index (χ0n) is 16.1. The summed E-state index contributed by atoms with van der Waals surface area (Å²) in [6.45, 7) is 0. The molecular weight excluding hydrogens is 394 g/mol. The third-order valence-corrected chi connectivity index (χ3v) is 4.73. The Labute approximate surface area is 180 Å². The van der Waals surface area contributed by atoms with Crippen LogP contribution in [0.15, 0.2) is 84.9 Å². The maximum Gasteiger partial charge on any atom is 0.312 e. The zero-order chi connectivity index (χ0) is 21.3. The van der Waals surface area contributed by atoms with Crippen LogP contribution in [-0.4, -0.2) is 11.1 Å². The van der Waals surface area contributed by atoms with E-state index >= 15 is 0 Å². The molecule has 2 atom stereocenters. The average molecular weight is 416 g/mol. The van der Waals surface area contributed by atoms with Crippen LogP contribution in [0.2, 0.25) is 0 Å². The molecule has 0 bridgehead atoms. The van der Waals surface area contributed by atoms with Gasteiger partial charge in [-0.15, -0.1) is 0 Å². The fraction of sp³-hybridized carbons (Fsp3) is 0.0870. The topological polar surface area (TPSA) is 103 Å². The molecule has 30 heavy (non-hydrogen) atoms. The second-order valence-corrected chi connectivity index (χ2v) is 6.98. The number of urea groups is 1. The zero-order valence-corrected chi connectivity index (χ0v) is 16.9. The number of nitrogens with one attached hydrogen (secondary N) is 3. The number of amides is 2. The Morgan fingerprint density at radius 1 is 0.833 bits per heavy atom. The number of primary amides is 1. The van der Waals surface area contributed by atoms with Gasteiger partial charge in [0.05, 0.1) is 23.7 Å². The first kappa shape index (κ1) is 20.8. The molecule has 0 aliphatic rings. The fourth-order valence-electron chi connectivity index (χ4n) is 3.13. The average Bonchev–Trinajstić information content (AvgIpc) is 2.77. The minimum absolute atomic E-state index is 0.375. The van der Waals surface area contributed by atoms with Crippen LogP contribution in [0.1, 0.15) is 28.8 Å². The van der Waals surface area contributed by atoms with Gasteiger partial charge in [-0.05, 0) is 47.6 Å². The van der Waals surface area contributed by atoms with Crippen molar-refractivity contribution in [2.45, 2.75) is 12.1 Å². The third kappa shape index (κ3) is 5.56. The lowest BCUT2D eigenvalue weighted by Crippen LogP contribution is -2.43. The summed E-state index contributed by atoms with van der Waals surface area (Å²) in [6.07, 6.45) is 0. The lowest BCUT2D eigenvalue weighted by molar-refractivity contribution is 0.242. The Balaban J connectivity index is 1.88. The van der Waals surface area contributed by atoms with Crippen LogP contribution in [0.4, 0.5) is 10.5 Å². The van der Waals surface area contributed by atoms with Crippen LogP contribution in [0.25, 0.3) is 0 Å². The van der Waals surface area contributed by atoms with E-state index in [0.717, 1.165) is 16.8 Å². The summed E-state index contributed by atoms with van der Waals surface area (Å²) in [5, 5.41) is 18.6. The van der Waals surface area contributed by atoms with Crippen LogP contribution in [0.3, 0.4) is 0 Å². The van der Waals surface area contributed by atoms with Gasteiger partial charge in [0.1, 0.15) is 0 Å². The predicted molar refractivity (Wildman–Crippen MR) is 122 cm³/mol. The number of nitrogens with two attached hydrogens (primary N) is 1. The van der Waals surface area contributed by atoms with Gasteiger partial charge < -0.3 is 21.7 Å². The standard InChI is InChI=1S/C23H21N5OS/c24-15-16-11-13-19(14-12-16)26-23(30)28-21(18-9-5-2-6-10-18)20(27-22(25)29)17-7-3-1-4-8-17/h1-14,20-21H,(H3,25,27,29)(H2,26,28,30). The van der Waals surface area contributed by atoms with Crippen molar-refractivity contribution in [3.05, 3.63) is 102 Å². The first-order chi connectivity index (χ1) is 14.6. The van der Waals surface area contributed by atoms with Crippen LogP contribution in [-0.2, 0) is 0 Å². The Kier molecular flexibility index (Phi) is 6.98. The van der Waals surface area contributed by atoms with E-state index in [1.54, 1.807) is 24.3 Å². The van der Waals surface area contributed by atoms with E-state index in [9.17, 15) is 4.79 Å². The number of rotatable bonds is 6. The molecule has 0 aromatic heterocycles. The fourth-order valence-corrected chi connectivity index (χ4v) is 3.37. The molecule has 3 aromatic rings. The van der Waals surface area contributed by atoms with E-state index in [4.69, 9.17) is 23.2 Å². The van der Waals surface area contributed by atoms with Gasteiger partial charge in [0.15, 0.2) is 5.11 Å². The number of hydrogen-bond donors (Lipinski definition) is 4. The maximum absolute atomic E-state index is 11.8. The summed E-state index contributed by atoms with van der Waals surface area (Å²) in [4.78, 5) is 11.8. The molecule has 0 saturated carbocycles. The molecule has 0 aliphatic carbocycles. The van der Waals surface area contributed by atoms with E-state index in [2.05, 4.69) is 22.0 Å². The molecule has 0 saturated heterocycles. The summed E-state index contributed by atoms with van der Waals surface area (Å²) in [5.41, 5.74) is 8.61. The minimum Gasteiger partial charge on any atom is -0.353 e. The highest BCUT2D eigenvalue weighted by atomic mass is 32.1. The molecule has 0 aliphatic heterocycles. The Bertz CT molecular complexity index is 1030. The number of carbonyl (C=O) groups excluding carboxylic acids is 1. The molecule has 0 fully saturated rings. The lowest BCUT2D eigenvalue weighted by atomic mass is 9.93. The van der Waals surface area contributed by atoms with Crippen molar-refractivity contribution in [3.63, 3.8) is 0 Å². The Hall–Kier alpha value is -3.89. The second kappa shape index (κ2) is 10.0. The summed E-state index contributed by atoms with van der Waals surface area (Å²) in [7, 11) is 0. The number of hydrogen-bond acceptors (Lipinski definition) is 3. The summed E-state index contributed by atoms with van der Waals surface area (Å²) < 4.78 is 0. The van der Waals surface area contributed by atoms with E-state index in [1.807, 2.05) is 60.7 Å². The first-order valence-corrected chi connectivity index (χ1v) is 9.71. The summed E-state index contributed by atoms with van der Waals surface area (Å²) in [6, 6.07) is 26.9. The largest absolute Gasteiger partial charge is 0.353 e. The Morgan fingerprint density at radius 3 is 1.80 bits per heavy atom. The highest BCUT2D eigenvalue weighted by molar-refractivity contribution is 7.80. The molecule has 6 nitrogen and oxygen atoms in total. The van der Waals surface area contributed by atoms with Crippen molar-refractivity contribution in [3.8, 4) is 6.07 Å². The highest BCUT2D eigenvalue weighted by Gasteiger charge is 2.26. The molecule has 7 heteroatoms. The highest BCUT2D eigenvalue weighted by Crippen LogP contribution is 2.29. The van der Waals surface area contributed by atoms with Crippen molar-refractivity contribution < 1.29 is 4.79 Å². The van der Waals surface area contributed by atoms with Crippen molar-refractivity contribution in [2.75, 3.05) is 5.32 Å². The monoisotopic (exact) mass is 415 g/mol. The van der Waals surface area contributed by atoms with E-state index in [0.29, 0.717) is 10.7 Å². The lowest BCUT2D eigenvalue weighted by Gasteiger charge is -2.30. The summed E-state index contributed by atoms with van der Waals surface area (Å²) >= 11 is 5.53. The third-order valence-electron chi connectivity index (χ3n) is 4.51. The minimum atomic E-state index is -0.627. The van der Waals surface area contributed by atoms with Crippen molar-refractivity contribution in [2.24, 2.45) is 5.73 Å². The Morgan fingerprint density at radius 2 is 1.33 bits per heavy atom. The molecule has 0 heterocycles. The molecule has 0 spiro atoms. The van der Waals surface area contributed by atoms with Crippen LogP contribution >= 0.6 is 12.2 Å².